The molecule has 1 rings (SSSR count). The van der Waals surface area contributed by atoms with E-state index in [0.717, 1.165) is 37.5 Å². The molecule has 1 N–H and O–H groups in total. The minimum absolute atomic E-state index is 0.765. The van der Waals surface area contributed by atoms with E-state index in [1.165, 1.54) is 0 Å². The Morgan fingerprint density at radius 3 is 2.93 bits per heavy atom. The molecule has 3 heteroatoms. The van der Waals surface area contributed by atoms with Gasteiger partial charge in [0.05, 0.1) is 6.61 Å². The molecule has 78 valence electrons. The zero-order valence-corrected chi connectivity index (χ0v) is 8.92. The normalized spacial score (nSPS) is 10.4. The third-order valence-electron chi connectivity index (χ3n) is 1.99. The fourth-order valence-electron chi connectivity index (χ4n) is 1.25. The molecule has 14 heavy (non-hydrogen) atoms. The first kappa shape index (κ1) is 11.1. The second kappa shape index (κ2) is 6.51. The van der Waals surface area contributed by atoms with Gasteiger partial charge in [-0.3, -0.25) is 4.98 Å². The summed E-state index contributed by atoms with van der Waals surface area (Å²) in [5.41, 5.74) is 2.23. The van der Waals surface area contributed by atoms with Gasteiger partial charge in [-0.15, -0.1) is 0 Å². The largest absolute Gasteiger partial charge is 0.383 e. The summed E-state index contributed by atoms with van der Waals surface area (Å²) in [5, 5.41) is 3.29. The average Bonchev–Trinajstić information content (AvgIpc) is 2.18. The lowest BCUT2D eigenvalue weighted by Crippen LogP contribution is -2.22. The standard InChI is InChI=1S/C11H18N2O/c1-10-4-3-5-11(13-10)6-7-12-8-9-14-2/h3-5,12H,6-9H2,1-2H3. The highest BCUT2D eigenvalue weighted by Crippen LogP contribution is 1.97. The summed E-state index contributed by atoms with van der Waals surface area (Å²) in [5.74, 6) is 0. The lowest BCUT2D eigenvalue weighted by Gasteiger charge is -2.04. The van der Waals surface area contributed by atoms with Gasteiger partial charge >= 0.3 is 0 Å². The number of rotatable bonds is 6. The van der Waals surface area contributed by atoms with Crippen LogP contribution in [-0.2, 0) is 11.2 Å². The van der Waals surface area contributed by atoms with Crippen molar-refractivity contribution in [3.05, 3.63) is 29.6 Å². The third kappa shape index (κ3) is 4.35. The van der Waals surface area contributed by atoms with Crippen LogP contribution < -0.4 is 5.32 Å². The second-order valence-electron chi connectivity index (χ2n) is 3.26. The molecular formula is C11H18N2O. The van der Waals surface area contributed by atoms with Crippen LogP contribution >= 0.6 is 0 Å². The smallest absolute Gasteiger partial charge is 0.0587 e. The monoisotopic (exact) mass is 194 g/mol. The molecule has 0 saturated carbocycles. The van der Waals surface area contributed by atoms with Gasteiger partial charge < -0.3 is 10.1 Å². The summed E-state index contributed by atoms with van der Waals surface area (Å²) in [6, 6.07) is 6.12. The zero-order chi connectivity index (χ0) is 10.2. The van der Waals surface area contributed by atoms with E-state index < -0.39 is 0 Å². The number of pyridine rings is 1. The van der Waals surface area contributed by atoms with Gasteiger partial charge in [-0.05, 0) is 19.1 Å². The van der Waals surface area contributed by atoms with Gasteiger partial charge in [-0.2, -0.15) is 0 Å². The Labute approximate surface area is 85.5 Å². The van der Waals surface area contributed by atoms with Crippen molar-refractivity contribution in [3.63, 3.8) is 0 Å². The molecule has 1 aromatic rings. The number of methoxy groups -OCH3 is 1. The Morgan fingerprint density at radius 2 is 2.21 bits per heavy atom. The lowest BCUT2D eigenvalue weighted by atomic mass is 10.2. The van der Waals surface area contributed by atoms with Crippen LogP contribution in [0.5, 0.6) is 0 Å². The van der Waals surface area contributed by atoms with Gasteiger partial charge in [0.25, 0.3) is 0 Å². The van der Waals surface area contributed by atoms with Crippen molar-refractivity contribution in [2.45, 2.75) is 13.3 Å². The first-order valence-electron chi connectivity index (χ1n) is 4.95. The summed E-state index contributed by atoms with van der Waals surface area (Å²) >= 11 is 0. The molecule has 0 aromatic carbocycles. The summed E-state index contributed by atoms with van der Waals surface area (Å²) in [6.07, 6.45) is 0.978. The Morgan fingerprint density at radius 1 is 1.36 bits per heavy atom. The molecule has 0 fully saturated rings. The topological polar surface area (TPSA) is 34.1 Å². The maximum Gasteiger partial charge on any atom is 0.0587 e. The summed E-state index contributed by atoms with van der Waals surface area (Å²) in [4.78, 5) is 4.42. The minimum Gasteiger partial charge on any atom is -0.383 e. The highest BCUT2D eigenvalue weighted by Gasteiger charge is 1.94. The van der Waals surface area contributed by atoms with Crippen LogP contribution in [0.15, 0.2) is 18.2 Å². The van der Waals surface area contributed by atoms with Crippen molar-refractivity contribution in [3.8, 4) is 0 Å². The summed E-state index contributed by atoms with van der Waals surface area (Å²) in [6.45, 7) is 4.64. The quantitative estimate of drug-likeness (QED) is 0.690. The molecule has 0 aliphatic carbocycles. The minimum atomic E-state index is 0.765. The molecule has 0 spiro atoms. The zero-order valence-electron chi connectivity index (χ0n) is 8.92. The van der Waals surface area contributed by atoms with Crippen molar-refractivity contribution in [1.29, 1.82) is 0 Å². The predicted molar refractivity (Wildman–Crippen MR) is 57.4 cm³/mol. The fourth-order valence-corrected chi connectivity index (χ4v) is 1.25. The molecule has 0 radical (unpaired) electrons. The molecule has 0 amide bonds. The first-order valence-corrected chi connectivity index (χ1v) is 4.95. The maximum absolute atomic E-state index is 4.94. The molecule has 0 aliphatic rings. The Bertz CT molecular complexity index is 263. The predicted octanol–water partition coefficient (Wildman–Crippen LogP) is 1.17. The fraction of sp³-hybridized carbons (Fsp3) is 0.545. The molecular weight excluding hydrogens is 176 g/mol. The highest BCUT2D eigenvalue weighted by atomic mass is 16.5. The number of nitrogens with zero attached hydrogens (tertiary/aromatic N) is 1. The van der Waals surface area contributed by atoms with Gasteiger partial charge in [0.2, 0.25) is 0 Å². The van der Waals surface area contributed by atoms with E-state index in [2.05, 4.69) is 16.4 Å². The lowest BCUT2D eigenvalue weighted by molar-refractivity contribution is 0.199. The van der Waals surface area contributed by atoms with Crippen LogP contribution in [0.3, 0.4) is 0 Å². The van der Waals surface area contributed by atoms with Gasteiger partial charge in [0.1, 0.15) is 0 Å². The van der Waals surface area contributed by atoms with Crippen LogP contribution in [0.2, 0.25) is 0 Å². The second-order valence-corrected chi connectivity index (χ2v) is 3.26. The summed E-state index contributed by atoms with van der Waals surface area (Å²) in [7, 11) is 1.71. The molecule has 1 aromatic heterocycles. The van der Waals surface area contributed by atoms with Gasteiger partial charge in [0, 0.05) is 38.0 Å². The molecule has 0 unspecified atom stereocenters. The van der Waals surface area contributed by atoms with Gasteiger partial charge in [-0.25, -0.2) is 0 Å². The maximum atomic E-state index is 4.94. The van der Waals surface area contributed by atoms with Crippen LogP contribution in [0.1, 0.15) is 11.4 Å². The molecule has 0 bridgehead atoms. The van der Waals surface area contributed by atoms with Crippen LogP contribution in [-0.4, -0.2) is 31.8 Å². The Balaban J connectivity index is 2.18. The van der Waals surface area contributed by atoms with Crippen molar-refractivity contribution < 1.29 is 4.74 Å². The van der Waals surface area contributed by atoms with Gasteiger partial charge in [0.15, 0.2) is 0 Å². The number of hydrogen-bond acceptors (Lipinski definition) is 3. The van der Waals surface area contributed by atoms with Crippen LogP contribution in [0.25, 0.3) is 0 Å². The van der Waals surface area contributed by atoms with E-state index in [0.29, 0.717) is 0 Å². The Hall–Kier alpha value is -0.930. The summed E-state index contributed by atoms with van der Waals surface area (Å²) < 4.78 is 4.94. The molecule has 0 aliphatic heterocycles. The number of hydrogen-bond donors (Lipinski definition) is 1. The number of aromatic nitrogens is 1. The first-order chi connectivity index (χ1) is 6.83. The van der Waals surface area contributed by atoms with E-state index in [4.69, 9.17) is 4.74 Å². The number of aryl methyl sites for hydroxylation is 1. The number of ether oxygens (including phenoxy) is 1. The van der Waals surface area contributed by atoms with Crippen LogP contribution in [0.4, 0.5) is 0 Å². The Kier molecular flexibility index (Phi) is 5.19. The van der Waals surface area contributed by atoms with E-state index in [9.17, 15) is 0 Å². The van der Waals surface area contributed by atoms with Crippen molar-refractivity contribution in [2.24, 2.45) is 0 Å². The van der Waals surface area contributed by atoms with Crippen molar-refractivity contribution >= 4 is 0 Å². The average molecular weight is 194 g/mol. The van der Waals surface area contributed by atoms with Crippen LogP contribution in [0, 0.1) is 6.92 Å². The third-order valence-corrected chi connectivity index (χ3v) is 1.99. The highest BCUT2D eigenvalue weighted by molar-refractivity contribution is 5.10. The van der Waals surface area contributed by atoms with Gasteiger partial charge in [-0.1, -0.05) is 6.07 Å². The molecule has 0 atom stereocenters. The molecule has 3 nitrogen and oxygen atoms in total. The van der Waals surface area contributed by atoms with E-state index >= 15 is 0 Å². The van der Waals surface area contributed by atoms with Crippen molar-refractivity contribution in [2.75, 3.05) is 26.8 Å². The molecule has 1 heterocycles. The van der Waals surface area contributed by atoms with E-state index in [1.807, 2.05) is 19.1 Å². The molecule has 0 saturated heterocycles. The van der Waals surface area contributed by atoms with E-state index in [-0.39, 0.29) is 0 Å². The number of nitrogens with one attached hydrogen (secondary N) is 1. The van der Waals surface area contributed by atoms with E-state index in [1.54, 1.807) is 7.11 Å². The SMILES string of the molecule is COCCNCCc1cccc(C)n1. The van der Waals surface area contributed by atoms with Crippen molar-refractivity contribution in [1.82, 2.24) is 10.3 Å².